The molecule has 0 radical (unpaired) electrons. The molecule has 2 aliphatic heterocycles. The normalized spacial score (nSPS) is 18.7. The van der Waals surface area contributed by atoms with Gasteiger partial charge in [0, 0.05) is 24.4 Å². The minimum atomic E-state index is 0.0703. The van der Waals surface area contributed by atoms with E-state index in [9.17, 15) is 4.79 Å². The second-order valence-electron chi connectivity index (χ2n) is 5.75. The molecule has 0 amide bonds. The zero-order valence-corrected chi connectivity index (χ0v) is 12.6. The summed E-state index contributed by atoms with van der Waals surface area (Å²) in [6, 6.07) is 7.63. The Balaban J connectivity index is 1.62. The fraction of sp³-hybridized carbons (Fsp3) is 0.529. The third kappa shape index (κ3) is 3.23. The number of Topliss-reactive ketones (excluding diaryl/α,β-unsaturated/α-hetero) is 1. The third-order valence-electron chi connectivity index (χ3n) is 4.32. The smallest absolute Gasteiger partial charge is 0.166 e. The van der Waals surface area contributed by atoms with E-state index in [-0.39, 0.29) is 11.7 Å². The number of ether oxygens (including phenoxy) is 2. The third-order valence-corrected chi connectivity index (χ3v) is 4.32. The molecule has 22 heavy (non-hydrogen) atoms. The lowest BCUT2D eigenvalue weighted by Crippen LogP contribution is -2.36. The maximum absolute atomic E-state index is 12.6. The van der Waals surface area contributed by atoms with E-state index < -0.39 is 0 Å². The van der Waals surface area contributed by atoms with Crippen molar-refractivity contribution in [3.05, 3.63) is 23.8 Å². The molecule has 0 aliphatic carbocycles. The van der Waals surface area contributed by atoms with E-state index in [4.69, 9.17) is 14.7 Å². The number of hydrogen-bond acceptors (Lipinski definition) is 5. The van der Waals surface area contributed by atoms with Gasteiger partial charge in [0.2, 0.25) is 0 Å². The molecule has 116 valence electrons. The van der Waals surface area contributed by atoms with E-state index >= 15 is 0 Å². The Morgan fingerprint density at radius 3 is 2.68 bits per heavy atom. The average Bonchev–Trinajstić information content (AvgIpc) is 2.59. The van der Waals surface area contributed by atoms with Gasteiger partial charge in [-0.25, -0.2) is 0 Å². The van der Waals surface area contributed by atoms with Gasteiger partial charge in [0.05, 0.1) is 6.07 Å². The summed E-state index contributed by atoms with van der Waals surface area (Å²) in [5.74, 6) is 1.65. The number of likely N-dealkylation sites (tertiary alicyclic amines) is 1. The monoisotopic (exact) mass is 300 g/mol. The van der Waals surface area contributed by atoms with Gasteiger partial charge in [-0.15, -0.1) is 0 Å². The zero-order valence-electron chi connectivity index (χ0n) is 12.6. The number of ketones is 1. The van der Waals surface area contributed by atoms with E-state index in [1.54, 1.807) is 6.07 Å². The SMILES string of the molecule is N#CCCN1CCC(C(=O)c2ccc3c(c2)OCCO3)CC1. The van der Waals surface area contributed by atoms with Gasteiger partial charge < -0.3 is 14.4 Å². The molecule has 5 heteroatoms. The van der Waals surface area contributed by atoms with Crippen LogP contribution in [0.5, 0.6) is 11.5 Å². The van der Waals surface area contributed by atoms with Crippen molar-refractivity contribution in [1.82, 2.24) is 4.90 Å². The number of nitrogens with zero attached hydrogens (tertiary/aromatic N) is 2. The molecule has 1 fully saturated rings. The van der Waals surface area contributed by atoms with Crippen LogP contribution in [0.1, 0.15) is 29.6 Å². The second-order valence-corrected chi connectivity index (χ2v) is 5.75. The number of carbonyl (C=O) groups is 1. The van der Waals surface area contributed by atoms with Crippen molar-refractivity contribution in [1.29, 1.82) is 5.26 Å². The van der Waals surface area contributed by atoms with E-state index in [0.717, 1.165) is 32.5 Å². The summed E-state index contributed by atoms with van der Waals surface area (Å²) in [5, 5.41) is 8.63. The predicted molar refractivity (Wildman–Crippen MR) is 81.2 cm³/mol. The fourth-order valence-electron chi connectivity index (χ4n) is 3.06. The molecular weight excluding hydrogens is 280 g/mol. The van der Waals surface area contributed by atoms with E-state index in [1.807, 2.05) is 12.1 Å². The summed E-state index contributed by atoms with van der Waals surface area (Å²) in [7, 11) is 0. The lowest BCUT2D eigenvalue weighted by molar-refractivity contribution is 0.0840. The molecule has 0 atom stereocenters. The number of piperidine rings is 1. The van der Waals surface area contributed by atoms with Crippen molar-refractivity contribution < 1.29 is 14.3 Å². The quantitative estimate of drug-likeness (QED) is 0.798. The highest BCUT2D eigenvalue weighted by molar-refractivity contribution is 5.98. The molecule has 0 bridgehead atoms. The molecular formula is C17H20N2O3. The van der Waals surface area contributed by atoms with Gasteiger partial charge in [-0.2, -0.15) is 5.26 Å². The zero-order chi connectivity index (χ0) is 15.4. The van der Waals surface area contributed by atoms with Gasteiger partial charge in [0.15, 0.2) is 17.3 Å². The summed E-state index contributed by atoms with van der Waals surface area (Å²) in [5.41, 5.74) is 0.708. The van der Waals surface area contributed by atoms with Gasteiger partial charge in [-0.05, 0) is 44.1 Å². The van der Waals surface area contributed by atoms with Gasteiger partial charge in [-0.3, -0.25) is 4.79 Å². The Morgan fingerprint density at radius 2 is 1.95 bits per heavy atom. The van der Waals surface area contributed by atoms with Crippen LogP contribution < -0.4 is 9.47 Å². The van der Waals surface area contributed by atoms with Crippen LogP contribution in [0.25, 0.3) is 0 Å². The highest BCUT2D eigenvalue weighted by Crippen LogP contribution is 2.32. The largest absolute Gasteiger partial charge is 0.486 e. The summed E-state index contributed by atoms with van der Waals surface area (Å²) in [4.78, 5) is 14.9. The molecule has 0 N–H and O–H groups in total. The lowest BCUT2D eigenvalue weighted by Gasteiger charge is -2.30. The van der Waals surface area contributed by atoms with Crippen LogP contribution in [0.4, 0.5) is 0 Å². The molecule has 0 spiro atoms. The van der Waals surface area contributed by atoms with Crippen molar-refractivity contribution in [2.24, 2.45) is 5.92 Å². The first kappa shape index (κ1) is 14.9. The molecule has 1 aromatic carbocycles. The van der Waals surface area contributed by atoms with E-state index in [1.165, 1.54) is 0 Å². The first-order valence-electron chi connectivity index (χ1n) is 7.81. The highest BCUT2D eigenvalue weighted by Gasteiger charge is 2.26. The maximum atomic E-state index is 12.6. The molecule has 1 aromatic rings. The van der Waals surface area contributed by atoms with Crippen molar-refractivity contribution in [3.63, 3.8) is 0 Å². The Hall–Kier alpha value is -2.06. The fourth-order valence-corrected chi connectivity index (χ4v) is 3.06. The number of hydrogen-bond donors (Lipinski definition) is 0. The second kappa shape index (κ2) is 6.80. The number of nitriles is 1. The summed E-state index contributed by atoms with van der Waals surface area (Å²) < 4.78 is 11.0. The minimum absolute atomic E-state index is 0.0703. The minimum Gasteiger partial charge on any atom is -0.486 e. The van der Waals surface area contributed by atoms with Gasteiger partial charge in [0.1, 0.15) is 13.2 Å². The number of rotatable bonds is 4. The van der Waals surface area contributed by atoms with E-state index in [2.05, 4.69) is 11.0 Å². The standard InChI is InChI=1S/C17H20N2O3/c18-6-1-7-19-8-4-13(5-9-19)17(20)14-2-3-15-16(12-14)22-11-10-21-15/h2-3,12-13H,1,4-5,7-11H2. The van der Waals surface area contributed by atoms with Crippen LogP contribution in [0.3, 0.4) is 0 Å². The molecule has 5 nitrogen and oxygen atoms in total. The average molecular weight is 300 g/mol. The van der Waals surface area contributed by atoms with Crippen molar-refractivity contribution in [3.8, 4) is 17.6 Å². The Kier molecular flexibility index (Phi) is 4.59. The van der Waals surface area contributed by atoms with Crippen LogP contribution in [-0.4, -0.2) is 43.5 Å². The Bertz CT molecular complexity index is 586. The van der Waals surface area contributed by atoms with Crippen LogP contribution in [0.2, 0.25) is 0 Å². The van der Waals surface area contributed by atoms with Crippen LogP contribution in [-0.2, 0) is 0 Å². The van der Waals surface area contributed by atoms with Crippen LogP contribution >= 0.6 is 0 Å². The van der Waals surface area contributed by atoms with E-state index in [0.29, 0.717) is 36.7 Å². The lowest BCUT2D eigenvalue weighted by atomic mass is 9.88. The van der Waals surface area contributed by atoms with Crippen molar-refractivity contribution >= 4 is 5.78 Å². The molecule has 0 aromatic heterocycles. The number of carbonyl (C=O) groups excluding carboxylic acids is 1. The molecule has 0 saturated carbocycles. The topological polar surface area (TPSA) is 62.6 Å². The van der Waals surface area contributed by atoms with Crippen LogP contribution in [0, 0.1) is 17.2 Å². The summed E-state index contributed by atoms with van der Waals surface area (Å²) >= 11 is 0. The van der Waals surface area contributed by atoms with Crippen LogP contribution in [0.15, 0.2) is 18.2 Å². The first-order valence-corrected chi connectivity index (χ1v) is 7.81. The number of benzene rings is 1. The first-order chi connectivity index (χ1) is 10.8. The number of fused-ring (bicyclic) bond motifs is 1. The molecule has 3 rings (SSSR count). The predicted octanol–water partition coefficient (Wildman–Crippen LogP) is 2.27. The van der Waals surface area contributed by atoms with Gasteiger partial charge in [-0.1, -0.05) is 0 Å². The Labute approximate surface area is 130 Å². The molecule has 2 aliphatic rings. The van der Waals surface area contributed by atoms with Gasteiger partial charge in [0.25, 0.3) is 0 Å². The molecule has 2 heterocycles. The highest BCUT2D eigenvalue weighted by atomic mass is 16.6. The molecule has 0 unspecified atom stereocenters. The van der Waals surface area contributed by atoms with Crippen molar-refractivity contribution in [2.45, 2.75) is 19.3 Å². The van der Waals surface area contributed by atoms with Crippen molar-refractivity contribution in [2.75, 3.05) is 32.8 Å². The maximum Gasteiger partial charge on any atom is 0.166 e. The van der Waals surface area contributed by atoms with Gasteiger partial charge >= 0.3 is 0 Å². The molecule has 1 saturated heterocycles. The Morgan fingerprint density at radius 1 is 1.23 bits per heavy atom. The summed E-state index contributed by atoms with van der Waals surface area (Å²) in [6.45, 7) is 3.68. The summed E-state index contributed by atoms with van der Waals surface area (Å²) in [6.07, 6.45) is 2.28.